The van der Waals surface area contributed by atoms with Gasteiger partial charge in [0.2, 0.25) is 0 Å². The molecule has 2 nitrogen and oxygen atoms in total. The lowest BCUT2D eigenvalue weighted by molar-refractivity contribution is 0.268. The number of rotatable bonds is 6. The Labute approximate surface area is 102 Å². The van der Waals surface area contributed by atoms with E-state index in [1.54, 1.807) is 12.1 Å². The van der Waals surface area contributed by atoms with Crippen molar-refractivity contribution in [2.24, 2.45) is 0 Å². The van der Waals surface area contributed by atoms with Crippen molar-refractivity contribution in [3.05, 3.63) is 29.3 Å². The first kappa shape index (κ1) is 12.9. The minimum Gasteiger partial charge on any atom is -0.492 e. The third-order valence-corrected chi connectivity index (χ3v) is 2.37. The molecule has 0 aliphatic heterocycles. The highest BCUT2D eigenvalue weighted by Crippen LogP contribution is 2.15. The van der Waals surface area contributed by atoms with E-state index in [0.29, 0.717) is 18.1 Å². The predicted molar refractivity (Wildman–Crippen MR) is 67.9 cm³/mol. The number of likely N-dealkylation sites (N-methyl/N-ethyl adjacent to an activating group) is 1. The molecule has 16 heavy (non-hydrogen) atoms. The largest absolute Gasteiger partial charge is 0.492 e. The van der Waals surface area contributed by atoms with Crippen LogP contribution in [0.4, 0.5) is 0 Å². The van der Waals surface area contributed by atoms with Crippen molar-refractivity contribution in [2.45, 2.75) is 19.4 Å². The van der Waals surface area contributed by atoms with Gasteiger partial charge in [-0.1, -0.05) is 18.5 Å². The number of nitrogens with one attached hydrogen (secondary N) is 1. The Balaban J connectivity index is 2.42. The molecular weight excluding hydrogens is 222 g/mol. The van der Waals surface area contributed by atoms with Crippen LogP contribution in [0.2, 0.25) is 5.02 Å². The molecule has 1 aromatic carbocycles. The summed E-state index contributed by atoms with van der Waals surface area (Å²) in [5, 5.41) is 3.98. The molecule has 0 fully saturated rings. The molecule has 86 valence electrons. The van der Waals surface area contributed by atoms with Gasteiger partial charge in [-0.15, -0.1) is 12.3 Å². The topological polar surface area (TPSA) is 21.3 Å². The van der Waals surface area contributed by atoms with E-state index in [-0.39, 0.29) is 6.04 Å². The Hall–Kier alpha value is -1.17. The van der Waals surface area contributed by atoms with E-state index in [9.17, 15) is 0 Å². The number of ether oxygens (including phenoxy) is 1. The van der Waals surface area contributed by atoms with E-state index in [1.165, 1.54) is 0 Å². The summed E-state index contributed by atoms with van der Waals surface area (Å²) < 4.78 is 5.61. The molecule has 0 aliphatic rings. The maximum absolute atomic E-state index is 5.78. The maximum Gasteiger partial charge on any atom is 0.119 e. The lowest BCUT2D eigenvalue weighted by atomic mass is 10.2. The van der Waals surface area contributed by atoms with Gasteiger partial charge >= 0.3 is 0 Å². The van der Waals surface area contributed by atoms with Gasteiger partial charge in [-0.05, 0) is 30.8 Å². The first-order chi connectivity index (χ1) is 7.76. The van der Waals surface area contributed by atoms with Gasteiger partial charge in [-0.3, -0.25) is 0 Å². The zero-order valence-corrected chi connectivity index (χ0v) is 10.1. The van der Waals surface area contributed by atoms with Crippen LogP contribution in [-0.4, -0.2) is 19.2 Å². The zero-order valence-electron chi connectivity index (χ0n) is 9.37. The summed E-state index contributed by atoms with van der Waals surface area (Å²) in [4.78, 5) is 0. The molecule has 1 unspecified atom stereocenters. The van der Waals surface area contributed by atoms with E-state index in [1.807, 2.05) is 19.1 Å². The molecule has 0 bridgehead atoms. The van der Waals surface area contributed by atoms with Gasteiger partial charge in [-0.25, -0.2) is 0 Å². The molecular formula is C13H16ClNO. The summed E-state index contributed by atoms with van der Waals surface area (Å²) in [5.41, 5.74) is 0. The Bertz CT molecular complexity index is 342. The Morgan fingerprint density at radius 1 is 1.44 bits per heavy atom. The molecule has 0 heterocycles. The van der Waals surface area contributed by atoms with Gasteiger partial charge in [0.1, 0.15) is 12.4 Å². The minimum atomic E-state index is 0.200. The lowest BCUT2D eigenvalue weighted by Crippen LogP contribution is -2.34. The third kappa shape index (κ3) is 4.57. The van der Waals surface area contributed by atoms with Crippen molar-refractivity contribution >= 4 is 11.6 Å². The van der Waals surface area contributed by atoms with Crippen molar-refractivity contribution in [2.75, 3.05) is 13.2 Å². The summed E-state index contributed by atoms with van der Waals surface area (Å²) in [6.45, 7) is 3.50. The predicted octanol–water partition coefficient (Wildman–Crippen LogP) is 2.72. The second-order valence-electron chi connectivity index (χ2n) is 3.43. The number of hydrogen-bond acceptors (Lipinski definition) is 2. The molecule has 0 radical (unpaired) electrons. The molecule has 3 heteroatoms. The fourth-order valence-electron chi connectivity index (χ4n) is 1.35. The van der Waals surface area contributed by atoms with Crippen LogP contribution in [0.25, 0.3) is 0 Å². The van der Waals surface area contributed by atoms with Crippen LogP contribution in [0.15, 0.2) is 24.3 Å². The van der Waals surface area contributed by atoms with Crippen LogP contribution in [0.1, 0.15) is 13.3 Å². The first-order valence-corrected chi connectivity index (χ1v) is 5.69. The average Bonchev–Trinajstić information content (AvgIpc) is 2.29. The SMILES string of the molecule is C#CCC(COc1ccc(Cl)cc1)NCC. The van der Waals surface area contributed by atoms with Crippen molar-refractivity contribution in [3.63, 3.8) is 0 Å². The summed E-state index contributed by atoms with van der Waals surface area (Å²) in [7, 11) is 0. The van der Waals surface area contributed by atoms with Crippen molar-refractivity contribution in [3.8, 4) is 18.1 Å². The Kier molecular flexibility index (Phi) is 5.77. The van der Waals surface area contributed by atoms with E-state index < -0.39 is 0 Å². The third-order valence-electron chi connectivity index (χ3n) is 2.12. The van der Waals surface area contributed by atoms with Crippen molar-refractivity contribution in [1.82, 2.24) is 5.32 Å². The molecule has 0 saturated heterocycles. The fraction of sp³-hybridized carbons (Fsp3) is 0.385. The van der Waals surface area contributed by atoms with Gasteiger partial charge in [0.05, 0.1) is 6.04 Å². The number of hydrogen-bond donors (Lipinski definition) is 1. The summed E-state index contributed by atoms with van der Waals surface area (Å²) in [5.74, 6) is 3.44. The molecule has 0 aromatic heterocycles. The van der Waals surface area contributed by atoms with Crippen LogP contribution >= 0.6 is 11.6 Å². The minimum absolute atomic E-state index is 0.200. The standard InChI is InChI=1S/C13H16ClNO/c1-3-5-12(15-4-2)10-16-13-8-6-11(14)7-9-13/h1,6-9,12,15H,4-5,10H2,2H3. The zero-order chi connectivity index (χ0) is 11.8. The monoisotopic (exact) mass is 237 g/mol. The van der Waals surface area contributed by atoms with Crippen LogP contribution in [0.5, 0.6) is 5.75 Å². The molecule has 0 spiro atoms. The van der Waals surface area contributed by atoms with Crippen LogP contribution in [-0.2, 0) is 0 Å². The van der Waals surface area contributed by atoms with Crippen LogP contribution < -0.4 is 10.1 Å². The van der Waals surface area contributed by atoms with E-state index in [2.05, 4.69) is 11.2 Å². The number of halogens is 1. The fourth-order valence-corrected chi connectivity index (χ4v) is 1.47. The molecule has 0 aliphatic carbocycles. The Morgan fingerprint density at radius 2 is 2.12 bits per heavy atom. The number of terminal acetylenes is 1. The maximum atomic E-state index is 5.78. The normalized spacial score (nSPS) is 11.8. The average molecular weight is 238 g/mol. The van der Waals surface area contributed by atoms with Crippen molar-refractivity contribution < 1.29 is 4.74 Å². The highest BCUT2D eigenvalue weighted by atomic mass is 35.5. The molecule has 1 rings (SSSR count). The highest BCUT2D eigenvalue weighted by Gasteiger charge is 2.06. The van der Waals surface area contributed by atoms with Gasteiger partial charge in [-0.2, -0.15) is 0 Å². The molecule has 0 saturated carbocycles. The van der Waals surface area contributed by atoms with Gasteiger partial charge in [0.15, 0.2) is 0 Å². The number of benzene rings is 1. The summed E-state index contributed by atoms with van der Waals surface area (Å²) in [6, 6.07) is 7.51. The van der Waals surface area contributed by atoms with Gasteiger partial charge < -0.3 is 10.1 Å². The highest BCUT2D eigenvalue weighted by molar-refractivity contribution is 6.30. The van der Waals surface area contributed by atoms with Gasteiger partial charge in [0.25, 0.3) is 0 Å². The van der Waals surface area contributed by atoms with Crippen LogP contribution in [0.3, 0.4) is 0 Å². The lowest BCUT2D eigenvalue weighted by Gasteiger charge is -2.16. The molecule has 0 amide bonds. The van der Waals surface area contributed by atoms with E-state index in [0.717, 1.165) is 12.3 Å². The second kappa shape index (κ2) is 7.16. The summed E-state index contributed by atoms with van der Waals surface area (Å²) >= 11 is 5.78. The van der Waals surface area contributed by atoms with E-state index >= 15 is 0 Å². The van der Waals surface area contributed by atoms with E-state index in [4.69, 9.17) is 22.8 Å². The smallest absolute Gasteiger partial charge is 0.119 e. The summed E-state index contributed by atoms with van der Waals surface area (Å²) in [6.07, 6.45) is 5.95. The molecule has 1 aromatic rings. The molecule has 1 atom stereocenters. The molecule has 1 N–H and O–H groups in total. The van der Waals surface area contributed by atoms with Crippen molar-refractivity contribution in [1.29, 1.82) is 0 Å². The Morgan fingerprint density at radius 3 is 2.69 bits per heavy atom. The quantitative estimate of drug-likeness (QED) is 0.769. The van der Waals surface area contributed by atoms with Crippen LogP contribution in [0, 0.1) is 12.3 Å². The first-order valence-electron chi connectivity index (χ1n) is 5.31. The van der Waals surface area contributed by atoms with Gasteiger partial charge in [0, 0.05) is 11.4 Å². The second-order valence-corrected chi connectivity index (χ2v) is 3.86.